The van der Waals surface area contributed by atoms with Crippen LogP contribution in [-0.2, 0) is 9.53 Å². The van der Waals surface area contributed by atoms with Crippen LogP contribution in [0.25, 0.3) is 0 Å². The molecule has 0 radical (unpaired) electrons. The quantitative estimate of drug-likeness (QED) is 0.309. The van der Waals surface area contributed by atoms with Gasteiger partial charge in [0.1, 0.15) is 6.61 Å². The van der Waals surface area contributed by atoms with Gasteiger partial charge in [-0.15, -0.1) is 0 Å². The van der Waals surface area contributed by atoms with Gasteiger partial charge in [-0.05, 0) is 104 Å². The lowest BCUT2D eigenvalue weighted by molar-refractivity contribution is -0.203. The number of rotatable bonds is 6. The van der Waals surface area contributed by atoms with Gasteiger partial charge in [-0.3, -0.25) is 4.79 Å². The molecule has 9 atom stereocenters. The van der Waals surface area contributed by atoms with Gasteiger partial charge < -0.3 is 14.9 Å². The number of carbonyl (C=O) groups excluding carboxylic acids is 1. The second kappa shape index (κ2) is 9.56. The van der Waals surface area contributed by atoms with Crippen LogP contribution >= 0.6 is 0 Å². The summed E-state index contributed by atoms with van der Waals surface area (Å²) in [5.74, 6) is 1.77. The topological polar surface area (TPSA) is 66.8 Å². The van der Waals surface area contributed by atoms with Crippen LogP contribution in [0.4, 0.5) is 0 Å². The average molecular weight is 501 g/mol. The van der Waals surface area contributed by atoms with Gasteiger partial charge in [-0.25, -0.2) is 0 Å². The first-order valence-electron chi connectivity index (χ1n) is 14.5. The average Bonchev–Trinajstić information content (AvgIpc) is 3.07. The fourth-order valence-electron chi connectivity index (χ4n) is 9.80. The number of fused-ring (bicyclic) bond motifs is 5. The molecule has 3 saturated carbocycles. The van der Waals surface area contributed by atoms with Gasteiger partial charge in [-0.2, -0.15) is 0 Å². The first-order valence-corrected chi connectivity index (χ1v) is 14.5. The Bertz CT molecular complexity index is 917. The number of esters is 1. The Labute approximate surface area is 220 Å². The van der Waals surface area contributed by atoms with E-state index >= 15 is 0 Å². The molecular weight excluding hydrogens is 448 g/mol. The van der Waals surface area contributed by atoms with Crippen molar-refractivity contribution in [3.63, 3.8) is 0 Å². The molecule has 36 heavy (non-hydrogen) atoms. The molecule has 4 aliphatic carbocycles. The fraction of sp³-hybridized carbons (Fsp3) is 0.844. The summed E-state index contributed by atoms with van der Waals surface area (Å²) in [5.41, 5.74) is 2.68. The molecule has 0 aromatic carbocycles. The van der Waals surface area contributed by atoms with E-state index in [1.807, 2.05) is 6.92 Å². The van der Waals surface area contributed by atoms with Gasteiger partial charge in [0, 0.05) is 12.3 Å². The van der Waals surface area contributed by atoms with Crippen molar-refractivity contribution < 1.29 is 19.7 Å². The molecule has 4 aliphatic rings. The summed E-state index contributed by atoms with van der Waals surface area (Å²) in [5, 5.41) is 22.6. The Morgan fingerprint density at radius 2 is 1.78 bits per heavy atom. The standard InChI is InChI=1S/C32H52O4/c1-20(19-36-22(3)33)10-9-11-21(2)23-18-28(35)32(8)24(23)12-13-26-30(6)16-15-27(34)29(4,5)25(30)14-17-31(26,32)7/h10,12,21,23,25-28,34-35H,9,11,13-19H2,1-8H3. The van der Waals surface area contributed by atoms with E-state index in [9.17, 15) is 15.0 Å². The maximum atomic E-state index is 11.7. The maximum absolute atomic E-state index is 11.7. The first-order chi connectivity index (χ1) is 16.7. The summed E-state index contributed by atoms with van der Waals surface area (Å²) in [6.45, 7) is 18.2. The lowest BCUT2D eigenvalue weighted by Crippen LogP contribution is -2.63. The number of hydrogen-bond acceptors (Lipinski definition) is 4. The van der Waals surface area contributed by atoms with Gasteiger partial charge >= 0.3 is 5.97 Å². The molecular formula is C32H52O4. The van der Waals surface area contributed by atoms with Crippen molar-refractivity contribution in [2.24, 2.45) is 45.3 Å². The molecule has 0 heterocycles. The molecule has 3 fully saturated rings. The number of carbonyl (C=O) groups is 1. The van der Waals surface area contributed by atoms with Crippen molar-refractivity contribution in [3.8, 4) is 0 Å². The van der Waals surface area contributed by atoms with Gasteiger partial charge in [0.2, 0.25) is 0 Å². The molecule has 0 aliphatic heterocycles. The zero-order valence-electron chi connectivity index (χ0n) is 24.2. The van der Waals surface area contributed by atoms with Crippen molar-refractivity contribution in [1.29, 1.82) is 0 Å². The van der Waals surface area contributed by atoms with Crippen molar-refractivity contribution in [2.45, 2.75) is 119 Å². The predicted octanol–water partition coefficient (Wildman–Crippen LogP) is 6.85. The molecule has 0 spiro atoms. The zero-order valence-corrected chi connectivity index (χ0v) is 24.2. The highest BCUT2D eigenvalue weighted by atomic mass is 16.5. The Hall–Kier alpha value is -1.13. The number of ether oxygens (including phenoxy) is 1. The zero-order chi connectivity index (χ0) is 26.7. The van der Waals surface area contributed by atoms with Gasteiger partial charge in [0.15, 0.2) is 0 Å². The van der Waals surface area contributed by atoms with Crippen LogP contribution in [-0.4, -0.2) is 35.0 Å². The van der Waals surface area contributed by atoms with Crippen molar-refractivity contribution >= 4 is 5.97 Å². The molecule has 4 nitrogen and oxygen atoms in total. The number of hydrogen-bond donors (Lipinski definition) is 2. The third kappa shape index (κ3) is 4.13. The molecule has 0 saturated heterocycles. The van der Waals surface area contributed by atoms with E-state index in [0.717, 1.165) is 56.9 Å². The van der Waals surface area contributed by atoms with Gasteiger partial charge in [0.25, 0.3) is 0 Å². The lowest BCUT2D eigenvalue weighted by atomic mass is 9.36. The molecule has 0 aromatic rings. The SMILES string of the molecule is CC(=O)OCC(C)=CCCC(C)C1CC(O)C2(C)C1=CCC1C3(C)CCC(O)C(C)(C)C3CCC12C. The summed E-state index contributed by atoms with van der Waals surface area (Å²) in [6, 6.07) is 0. The Morgan fingerprint density at radius 1 is 1.08 bits per heavy atom. The largest absolute Gasteiger partial charge is 0.461 e. The van der Waals surface area contributed by atoms with E-state index in [1.165, 1.54) is 12.5 Å². The Kier molecular flexibility index (Phi) is 7.41. The summed E-state index contributed by atoms with van der Waals surface area (Å²) in [4.78, 5) is 11.1. The van der Waals surface area contributed by atoms with E-state index in [1.54, 1.807) is 0 Å². The van der Waals surface area contributed by atoms with Crippen molar-refractivity contribution in [2.75, 3.05) is 6.61 Å². The third-order valence-electron chi connectivity index (χ3n) is 12.2. The lowest BCUT2D eigenvalue weighted by Gasteiger charge is -2.68. The van der Waals surface area contributed by atoms with Crippen molar-refractivity contribution in [1.82, 2.24) is 0 Å². The molecule has 0 bridgehead atoms. The highest BCUT2D eigenvalue weighted by Gasteiger charge is 2.69. The Morgan fingerprint density at radius 3 is 2.44 bits per heavy atom. The van der Waals surface area contributed by atoms with E-state index in [-0.39, 0.29) is 39.8 Å². The third-order valence-corrected chi connectivity index (χ3v) is 12.2. The molecule has 9 unspecified atom stereocenters. The molecule has 4 rings (SSSR count). The minimum Gasteiger partial charge on any atom is -0.461 e. The smallest absolute Gasteiger partial charge is 0.302 e. The minimum absolute atomic E-state index is 0.0499. The molecule has 0 amide bonds. The summed E-state index contributed by atoms with van der Waals surface area (Å²) < 4.78 is 5.12. The normalized spacial score (nSPS) is 44.7. The Balaban J connectivity index is 1.55. The summed E-state index contributed by atoms with van der Waals surface area (Å²) in [6.07, 6.45) is 12.6. The molecule has 0 aromatic heterocycles. The molecule has 4 heteroatoms. The highest BCUT2D eigenvalue weighted by Crippen LogP contribution is 2.74. The highest BCUT2D eigenvalue weighted by molar-refractivity contribution is 5.66. The summed E-state index contributed by atoms with van der Waals surface area (Å²) in [7, 11) is 0. The fourth-order valence-corrected chi connectivity index (χ4v) is 9.80. The monoisotopic (exact) mass is 500 g/mol. The second-order valence-corrected chi connectivity index (χ2v) is 14.3. The number of aliphatic hydroxyl groups is 2. The van der Waals surface area contributed by atoms with Crippen LogP contribution in [0.5, 0.6) is 0 Å². The molecule has 2 N–H and O–H groups in total. The predicted molar refractivity (Wildman–Crippen MR) is 145 cm³/mol. The van der Waals surface area contributed by atoms with Crippen LogP contribution in [0.3, 0.4) is 0 Å². The van der Waals surface area contributed by atoms with E-state index in [4.69, 9.17) is 4.74 Å². The van der Waals surface area contributed by atoms with Crippen LogP contribution in [0.1, 0.15) is 107 Å². The van der Waals surface area contributed by atoms with Crippen molar-refractivity contribution in [3.05, 3.63) is 23.3 Å². The van der Waals surface area contributed by atoms with Crippen LogP contribution in [0.2, 0.25) is 0 Å². The van der Waals surface area contributed by atoms with Crippen LogP contribution < -0.4 is 0 Å². The maximum Gasteiger partial charge on any atom is 0.302 e. The first kappa shape index (κ1) is 27.9. The number of aliphatic hydroxyl groups excluding tert-OH is 2. The second-order valence-electron chi connectivity index (χ2n) is 14.3. The summed E-state index contributed by atoms with van der Waals surface area (Å²) >= 11 is 0. The van der Waals surface area contributed by atoms with Gasteiger partial charge in [0.05, 0.1) is 12.2 Å². The van der Waals surface area contributed by atoms with Crippen LogP contribution in [0, 0.1) is 45.3 Å². The van der Waals surface area contributed by atoms with Gasteiger partial charge in [-0.1, -0.05) is 59.3 Å². The minimum atomic E-state index is -0.299. The van der Waals surface area contributed by atoms with E-state index in [0.29, 0.717) is 30.3 Å². The number of allylic oxidation sites excluding steroid dienone is 2. The van der Waals surface area contributed by atoms with E-state index < -0.39 is 0 Å². The van der Waals surface area contributed by atoms with Crippen LogP contribution in [0.15, 0.2) is 23.3 Å². The molecule has 204 valence electrons. The van der Waals surface area contributed by atoms with E-state index in [2.05, 4.69) is 53.7 Å².